The van der Waals surface area contributed by atoms with Crippen molar-refractivity contribution in [2.45, 2.75) is 12.1 Å². The minimum absolute atomic E-state index is 0.217. The van der Waals surface area contributed by atoms with Crippen LogP contribution in [-0.2, 0) is 4.79 Å². The topological polar surface area (TPSA) is 81.4 Å². The molecule has 1 heterocycles. The highest BCUT2D eigenvalue weighted by atomic mass is 35.5. The van der Waals surface area contributed by atoms with Gasteiger partial charge in [0.2, 0.25) is 5.16 Å². The van der Waals surface area contributed by atoms with Gasteiger partial charge in [-0.15, -0.1) is 10.2 Å². The van der Waals surface area contributed by atoms with Crippen LogP contribution in [0.2, 0.25) is 10.0 Å². The van der Waals surface area contributed by atoms with Crippen molar-refractivity contribution in [3.63, 3.8) is 0 Å². The SMILES string of the molecule is COc1ccc(N/N=C(/Sc2nnc(-c3ccc(Cl)cc3Cl)n2-c2ccccc2)C(C)=O)cc1. The molecule has 0 radical (unpaired) electrons. The summed E-state index contributed by atoms with van der Waals surface area (Å²) >= 11 is 13.6. The van der Waals surface area contributed by atoms with Gasteiger partial charge in [0, 0.05) is 23.2 Å². The Bertz CT molecular complexity index is 1340. The van der Waals surface area contributed by atoms with Gasteiger partial charge in [-0.2, -0.15) is 5.10 Å². The number of ether oxygens (including phenoxy) is 1. The van der Waals surface area contributed by atoms with E-state index in [2.05, 4.69) is 20.7 Å². The average molecular weight is 512 g/mol. The normalized spacial score (nSPS) is 11.4. The molecule has 10 heteroatoms. The second kappa shape index (κ2) is 10.7. The summed E-state index contributed by atoms with van der Waals surface area (Å²) in [5.41, 5.74) is 5.08. The first kappa shape index (κ1) is 23.8. The van der Waals surface area contributed by atoms with Crippen molar-refractivity contribution in [3.8, 4) is 22.8 Å². The zero-order valence-electron chi connectivity index (χ0n) is 18.2. The van der Waals surface area contributed by atoms with Crippen LogP contribution >= 0.6 is 35.0 Å². The lowest BCUT2D eigenvalue weighted by Gasteiger charge is -2.11. The summed E-state index contributed by atoms with van der Waals surface area (Å²) in [4.78, 5) is 12.4. The third-order valence-corrected chi connectivity index (χ3v) is 6.25. The minimum Gasteiger partial charge on any atom is -0.497 e. The van der Waals surface area contributed by atoms with Crippen LogP contribution in [0.1, 0.15) is 6.92 Å². The largest absolute Gasteiger partial charge is 0.497 e. The van der Waals surface area contributed by atoms with Crippen molar-refractivity contribution in [1.29, 1.82) is 0 Å². The second-order valence-electron chi connectivity index (χ2n) is 7.02. The summed E-state index contributed by atoms with van der Waals surface area (Å²) in [5.74, 6) is 1.01. The third-order valence-electron chi connectivity index (χ3n) is 4.69. The summed E-state index contributed by atoms with van der Waals surface area (Å²) in [6.07, 6.45) is 0. The highest BCUT2D eigenvalue weighted by molar-refractivity contribution is 8.15. The number of para-hydroxylation sites is 1. The van der Waals surface area contributed by atoms with E-state index >= 15 is 0 Å². The number of hydrogen-bond acceptors (Lipinski definition) is 7. The molecule has 0 unspecified atom stereocenters. The molecular weight excluding hydrogens is 493 g/mol. The number of hydrogen-bond donors (Lipinski definition) is 1. The highest BCUT2D eigenvalue weighted by Crippen LogP contribution is 2.34. The van der Waals surface area contributed by atoms with Gasteiger partial charge in [-0.25, -0.2) is 0 Å². The quantitative estimate of drug-likeness (QED) is 0.134. The van der Waals surface area contributed by atoms with Crippen molar-refractivity contribution >= 4 is 51.5 Å². The fourth-order valence-electron chi connectivity index (χ4n) is 3.03. The van der Waals surface area contributed by atoms with E-state index in [1.54, 1.807) is 49.6 Å². The number of ketones is 1. The lowest BCUT2D eigenvalue weighted by Crippen LogP contribution is -2.10. The first-order valence-corrected chi connectivity index (χ1v) is 11.7. The number of benzene rings is 3. The number of halogens is 2. The Kier molecular flexibility index (Phi) is 7.52. The van der Waals surface area contributed by atoms with Crippen molar-refractivity contribution in [2.75, 3.05) is 12.5 Å². The molecule has 4 aromatic rings. The molecule has 0 aliphatic rings. The zero-order valence-corrected chi connectivity index (χ0v) is 20.5. The number of carbonyl (C=O) groups excluding carboxylic acids is 1. The lowest BCUT2D eigenvalue weighted by atomic mass is 10.2. The Balaban J connectivity index is 1.72. The van der Waals surface area contributed by atoms with E-state index in [9.17, 15) is 4.79 Å². The highest BCUT2D eigenvalue weighted by Gasteiger charge is 2.21. The summed E-state index contributed by atoms with van der Waals surface area (Å²) in [5, 5.41) is 14.6. The van der Waals surface area contributed by atoms with Crippen LogP contribution in [0.3, 0.4) is 0 Å². The smallest absolute Gasteiger partial charge is 0.202 e. The van der Waals surface area contributed by atoms with E-state index in [1.165, 1.54) is 6.92 Å². The maximum Gasteiger partial charge on any atom is 0.202 e. The molecule has 3 aromatic carbocycles. The molecule has 172 valence electrons. The number of methoxy groups -OCH3 is 1. The van der Waals surface area contributed by atoms with E-state index < -0.39 is 0 Å². The molecule has 0 spiro atoms. The first-order chi connectivity index (χ1) is 16.5. The molecule has 0 amide bonds. The van der Waals surface area contributed by atoms with Crippen LogP contribution in [0.4, 0.5) is 5.69 Å². The van der Waals surface area contributed by atoms with Gasteiger partial charge in [0.05, 0.1) is 17.8 Å². The second-order valence-corrected chi connectivity index (χ2v) is 8.82. The van der Waals surface area contributed by atoms with E-state index in [0.717, 1.165) is 23.2 Å². The fourth-order valence-corrected chi connectivity index (χ4v) is 4.30. The van der Waals surface area contributed by atoms with Gasteiger partial charge >= 0.3 is 0 Å². The van der Waals surface area contributed by atoms with Gasteiger partial charge in [0.15, 0.2) is 16.7 Å². The van der Waals surface area contributed by atoms with Gasteiger partial charge in [-0.05, 0) is 66.4 Å². The predicted molar refractivity (Wildman–Crippen MR) is 137 cm³/mol. The van der Waals surface area contributed by atoms with Crippen molar-refractivity contribution < 1.29 is 9.53 Å². The molecule has 1 aromatic heterocycles. The lowest BCUT2D eigenvalue weighted by molar-refractivity contribution is -0.110. The number of thioether (sulfide) groups is 1. The molecule has 0 atom stereocenters. The van der Waals surface area contributed by atoms with Crippen molar-refractivity contribution in [1.82, 2.24) is 14.8 Å². The summed E-state index contributed by atoms with van der Waals surface area (Å²) < 4.78 is 6.99. The van der Waals surface area contributed by atoms with E-state index in [-0.39, 0.29) is 10.8 Å². The van der Waals surface area contributed by atoms with Gasteiger partial charge in [0.25, 0.3) is 0 Å². The maximum atomic E-state index is 12.4. The molecule has 1 N–H and O–H groups in total. The monoisotopic (exact) mass is 511 g/mol. The summed E-state index contributed by atoms with van der Waals surface area (Å²) in [7, 11) is 1.60. The third kappa shape index (κ3) is 5.41. The summed E-state index contributed by atoms with van der Waals surface area (Å²) in [6, 6.07) is 21.9. The molecular formula is C24H19Cl2N5O2S. The molecule has 0 aliphatic carbocycles. The van der Waals surface area contributed by atoms with Crippen LogP contribution in [0, 0.1) is 0 Å². The van der Waals surface area contributed by atoms with Gasteiger partial charge < -0.3 is 4.74 Å². The number of nitrogens with zero attached hydrogens (tertiary/aromatic N) is 4. The standard InChI is InChI=1S/C24H19Cl2N5O2S/c1-15(32)23(29-27-17-9-11-19(33-2)12-10-17)34-24-30-28-22(20-13-8-16(25)14-21(20)26)31(24)18-6-4-3-5-7-18/h3-14,27H,1-2H3/b29-23+. The number of nitrogens with one attached hydrogen (secondary N) is 1. The van der Waals surface area contributed by atoms with E-state index in [1.807, 2.05) is 34.9 Å². The Morgan fingerprint density at radius 1 is 1.03 bits per heavy atom. The predicted octanol–water partition coefficient (Wildman–Crippen LogP) is 6.36. The Morgan fingerprint density at radius 3 is 2.41 bits per heavy atom. The van der Waals surface area contributed by atoms with Crippen molar-refractivity contribution in [3.05, 3.63) is 82.8 Å². The molecule has 0 saturated heterocycles. The van der Waals surface area contributed by atoms with E-state index in [0.29, 0.717) is 32.3 Å². The number of hydrazone groups is 1. The van der Waals surface area contributed by atoms with Crippen LogP contribution in [0.5, 0.6) is 5.75 Å². The Labute approximate surface area is 210 Å². The number of Topliss-reactive ketones (excluding diaryl/α,β-unsaturated/α-hetero) is 1. The van der Waals surface area contributed by atoms with Gasteiger partial charge in [-0.3, -0.25) is 14.8 Å². The fraction of sp³-hybridized carbons (Fsp3) is 0.0833. The average Bonchev–Trinajstić information content (AvgIpc) is 3.25. The molecule has 0 fully saturated rings. The van der Waals surface area contributed by atoms with Crippen LogP contribution in [-0.4, -0.2) is 32.7 Å². The number of anilines is 1. The summed E-state index contributed by atoms with van der Waals surface area (Å²) in [6.45, 7) is 1.45. The van der Waals surface area contributed by atoms with E-state index in [4.69, 9.17) is 27.9 Å². The van der Waals surface area contributed by atoms with Crippen molar-refractivity contribution in [2.24, 2.45) is 5.10 Å². The molecule has 0 aliphatic heterocycles. The van der Waals surface area contributed by atoms with Crippen LogP contribution in [0.15, 0.2) is 83.1 Å². The zero-order chi connectivity index (χ0) is 24.1. The number of carbonyl (C=O) groups is 1. The Morgan fingerprint density at radius 2 is 1.76 bits per heavy atom. The van der Waals surface area contributed by atoms with Gasteiger partial charge in [0.1, 0.15) is 5.75 Å². The molecule has 0 saturated carbocycles. The first-order valence-electron chi connectivity index (χ1n) is 10.1. The van der Waals surface area contributed by atoms with Crippen LogP contribution in [0.25, 0.3) is 17.1 Å². The maximum absolute atomic E-state index is 12.4. The molecule has 7 nitrogen and oxygen atoms in total. The van der Waals surface area contributed by atoms with Crippen LogP contribution < -0.4 is 10.2 Å². The molecule has 0 bridgehead atoms. The minimum atomic E-state index is -0.223. The molecule has 4 rings (SSSR count). The van der Waals surface area contributed by atoms with Gasteiger partial charge in [-0.1, -0.05) is 41.4 Å². The molecule has 34 heavy (non-hydrogen) atoms. The number of aromatic nitrogens is 3. The number of rotatable bonds is 7. The Hall–Kier alpha value is -3.33.